The molecule has 2 rings (SSSR count). The zero-order valence-corrected chi connectivity index (χ0v) is 11.5. The predicted octanol–water partition coefficient (Wildman–Crippen LogP) is 2.75. The maximum absolute atomic E-state index is 13.6. The summed E-state index contributed by atoms with van der Waals surface area (Å²) in [5.41, 5.74) is 0.487. The number of ether oxygens (including phenoxy) is 2. The Hall–Kier alpha value is -0.970. The molecule has 106 valence electrons. The second kappa shape index (κ2) is 5.99. The van der Waals surface area contributed by atoms with Gasteiger partial charge in [0.15, 0.2) is 0 Å². The third-order valence-corrected chi connectivity index (χ3v) is 3.78. The van der Waals surface area contributed by atoms with Crippen molar-refractivity contribution in [1.82, 2.24) is 0 Å². The molecule has 1 fully saturated rings. The number of halogens is 1. The summed E-state index contributed by atoms with van der Waals surface area (Å²) >= 11 is 0. The van der Waals surface area contributed by atoms with Crippen LogP contribution < -0.4 is 0 Å². The van der Waals surface area contributed by atoms with Gasteiger partial charge in [0.1, 0.15) is 17.5 Å². The zero-order chi connectivity index (χ0) is 13.9. The lowest BCUT2D eigenvalue weighted by Crippen LogP contribution is -2.44. The van der Waals surface area contributed by atoms with E-state index in [4.69, 9.17) is 9.47 Å². The molecule has 3 nitrogen and oxygen atoms in total. The standard InChI is InChI=1S/C15H21FO3/c1-3-19-15(6-8-18-9-7-15)14(17)12-5-4-11(2)13(16)10-12/h4-5,10,14,17H,3,6-9H2,1-2H3. The summed E-state index contributed by atoms with van der Waals surface area (Å²) in [6, 6.07) is 4.85. The van der Waals surface area contributed by atoms with Gasteiger partial charge in [-0.15, -0.1) is 0 Å². The van der Waals surface area contributed by atoms with E-state index in [1.165, 1.54) is 6.07 Å². The van der Waals surface area contributed by atoms with E-state index < -0.39 is 11.7 Å². The molecule has 0 spiro atoms. The largest absolute Gasteiger partial charge is 0.385 e. The van der Waals surface area contributed by atoms with Crippen molar-refractivity contribution >= 4 is 0 Å². The molecule has 0 bridgehead atoms. The summed E-state index contributed by atoms with van der Waals surface area (Å²) in [6.07, 6.45) is 0.418. The minimum atomic E-state index is -0.827. The first kappa shape index (κ1) is 14.4. The SMILES string of the molecule is CCOC1(C(O)c2ccc(C)c(F)c2)CCOCC1. The van der Waals surface area contributed by atoms with E-state index in [9.17, 15) is 9.50 Å². The highest BCUT2D eigenvalue weighted by Crippen LogP contribution is 2.38. The van der Waals surface area contributed by atoms with Gasteiger partial charge in [0.05, 0.1) is 0 Å². The molecule has 1 aromatic carbocycles. The van der Waals surface area contributed by atoms with Crippen LogP contribution in [-0.4, -0.2) is 30.5 Å². The van der Waals surface area contributed by atoms with Gasteiger partial charge in [0.25, 0.3) is 0 Å². The number of aliphatic hydroxyl groups is 1. The van der Waals surface area contributed by atoms with Gasteiger partial charge < -0.3 is 14.6 Å². The average Bonchev–Trinajstić information content (AvgIpc) is 2.42. The first-order chi connectivity index (χ1) is 9.09. The summed E-state index contributed by atoms with van der Waals surface area (Å²) in [6.45, 7) is 5.25. The minimum absolute atomic E-state index is 0.296. The van der Waals surface area contributed by atoms with Gasteiger partial charge in [-0.05, 0) is 31.0 Å². The van der Waals surface area contributed by atoms with Crippen LogP contribution in [0.15, 0.2) is 18.2 Å². The Morgan fingerprint density at radius 2 is 2.11 bits per heavy atom. The molecule has 0 saturated carbocycles. The monoisotopic (exact) mass is 268 g/mol. The van der Waals surface area contributed by atoms with E-state index in [1.54, 1.807) is 19.1 Å². The molecule has 1 N–H and O–H groups in total. The van der Waals surface area contributed by atoms with Crippen LogP contribution in [0.2, 0.25) is 0 Å². The Balaban J connectivity index is 2.27. The number of hydrogen-bond donors (Lipinski definition) is 1. The second-order valence-corrected chi connectivity index (χ2v) is 5.02. The van der Waals surface area contributed by atoms with Crippen LogP contribution in [0.4, 0.5) is 4.39 Å². The Kier molecular flexibility index (Phi) is 4.55. The summed E-state index contributed by atoms with van der Waals surface area (Å²) in [7, 11) is 0. The number of aryl methyl sites for hydroxylation is 1. The molecule has 1 aromatic rings. The summed E-state index contributed by atoms with van der Waals surface area (Å²) in [5, 5.41) is 10.6. The quantitative estimate of drug-likeness (QED) is 0.912. The number of hydrogen-bond acceptors (Lipinski definition) is 3. The summed E-state index contributed by atoms with van der Waals surface area (Å²) in [5.74, 6) is -0.296. The topological polar surface area (TPSA) is 38.7 Å². The van der Waals surface area contributed by atoms with Gasteiger partial charge in [-0.1, -0.05) is 12.1 Å². The highest BCUT2D eigenvalue weighted by atomic mass is 19.1. The molecule has 1 heterocycles. The van der Waals surface area contributed by atoms with Crippen molar-refractivity contribution in [2.45, 2.75) is 38.4 Å². The number of rotatable bonds is 4. The average molecular weight is 268 g/mol. The Morgan fingerprint density at radius 1 is 1.42 bits per heavy atom. The lowest BCUT2D eigenvalue weighted by Gasteiger charge is -2.40. The smallest absolute Gasteiger partial charge is 0.126 e. The van der Waals surface area contributed by atoms with Gasteiger partial charge >= 0.3 is 0 Å². The normalized spacial score (nSPS) is 20.2. The van der Waals surface area contributed by atoms with Crippen molar-refractivity contribution in [3.63, 3.8) is 0 Å². The van der Waals surface area contributed by atoms with E-state index in [0.717, 1.165) is 0 Å². The fraction of sp³-hybridized carbons (Fsp3) is 0.600. The van der Waals surface area contributed by atoms with E-state index in [0.29, 0.717) is 43.8 Å². The molecule has 0 aliphatic carbocycles. The van der Waals surface area contributed by atoms with E-state index in [1.807, 2.05) is 6.92 Å². The number of benzene rings is 1. The van der Waals surface area contributed by atoms with Crippen LogP contribution in [0.25, 0.3) is 0 Å². The van der Waals surface area contributed by atoms with Crippen LogP contribution >= 0.6 is 0 Å². The summed E-state index contributed by atoms with van der Waals surface area (Å²) < 4.78 is 24.8. The van der Waals surface area contributed by atoms with Crippen molar-refractivity contribution < 1.29 is 19.0 Å². The second-order valence-electron chi connectivity index (χ2n) is 5.02. The highest BCUT2D eigenvalue weighted by molar-refractivity contribution is 5.27. The molecule has 1 unspecified atom stereocenters. The van der Waals surface area contributed by atoms with E-state index >= 15 is 0 Å². The zero-order valence-electron chi connectivity index (χ0n) is 11.5. The van der Waals surface area contributed by atoms with E-state index in [2.05, 4.69) is 0 Å². The van der Waals surface area contributed by atoms with Crippen molar-refractivity contribution in [1.29, 1.82) is 0 Å². The molecular weight excluding hydrogens is 247 g/mol. The lowest BCUT2D eigenvalue weighted by molar-refractivity contribution is -0.168. The first-order valence-corrected chi connectivity index (χ1v) is 6.75. The molecule has 0 aromatic heterocycles. The molecule has 19 heavy (non-hydrogen) atoms. The molecule has 1 atom stereocenters. The molecule has 1 aliphatic heterocycles. The van der Waals surface area contributed by atoms with Crippen LogP contribution in [0.3, 0.4) is 0 Å². The minimum Gasteiger partial charge on any atom is -0.385 e. The van der Waals surface area contributed by atoms with Gasteiger partial charge in [0.2, 0.25) is 0 Å². The van der Waals surface area contributed by atoms with Gasteiger partial charge in [-0.3, -0.25) is 0 Å². The Labute approximate surface area is 113 Å². The molecule has 0 amide bonds. The molecular formula is C15H21FO3. The molecule has 4 heteroatoms. The fourth-order valence-corrected chi connectivity index (χ4v) is 2.58. The van der Waals surface area contributed by atoms with Gasteiger partial charge in [-0.25, -0.2) is 4.39 Å². The third kappa shape index (κ3) is 2.96. The van der Waals surface area contributed by atoms with Crippen molar-refractivity contribution in [3.8, 4) is 0 Å². The van der Waals surface area contributed by atoms with E-state index in [-0.39, 0.29) is 5.82 Å². The van der Waals surface area contributed by atoms with Crippen molar-refractivity contribution in [2.75, 3.05) is 19.8 Å². The molecule has 0 radical (unpaired) electrons. The van der Waals surface area contributed by atoms with Gasteiger partial charge in [0, 0.05) is 32.7 Å². The maximum Gasteiger partial charge on any atom is 0.126 e. The van der Waals surface area contributed by atoms with Crippen LogP contribution in [0.5, 0.6) is 0 Å². The maximum atomic E-state index is 13.6. The van der Waals surface area contributed by atoms with Crippen LogP contribution in [0, 0.1) is 12.7 Å². The predicted molar refractivity (Wildman–Crippen MR) is 70.5 cm³/mol. The summed E-state index contributed by atoms with van der Waals surface area (Å²) in [4.78, 5) is 0. The van der Waals surface area contributed by atoms with Crippen LogP contribution in [-0.2, 0) is 9.47 Å². The van der Waals surface area contributed by atoms with Crippen LogP contribution in [0.1, 0.15) is 37.0 Å². The Morgan fingerprint density at radius 3 is 2.68 bits per heavy atom. The fourth-order valence-electron chi connectivity index (χ4n) is 2.58. The number of aliphatic hydroxyl groups excluding tert-OH is 1. The molecule has 1 saturated heterocycles. The first-order valence-electron chi connectivity index (χ1n) is 6.75. The third-order valence-electron chi connectivity index (χ3n) is 3.78. The van der Waals surface area contributed by atoms with Gasteiger partial charge in [-0.2, -0.15) is 0 Å². The molecule has 1 aliphatic rings. The van der Waals surface area contributed by atoms with Crippen molar-refractivity contribution in [2.24, 2.45) is 0 Å². The van der Waals surface area contributed by atoms with Crippen molar-refractivity contribution in [3.05, 3.63) is 35.1 Å². The lowest BCUT2D eigenvalue weighted by atomic mass is 9.84. The Bertz CT molecular complexity index is 422. The highest BCUT2D eigenvalue weighted by Gasteiger charge is 2.41.